The zero-order valence-electron chi connectivity index (χ0n) is 11.1. The Hall–Kier alpha value is -1.88. The molecule has 1 aromatic carbocycles. The van der Waals surface area contributed by atoms with Crippen LogP contribution in [0.5, 0.6) is 0 Å². The lowest BCUT2D eigenvalue weighted by molar-refractivity contribution is -0.120. The number of hydrogen-bond donors (Lipinski definition) is 1. The molecule has 1 heterocycles. The van der Waals surface area contributed by atoms with Crippen molar-refractivity contribution >= 4 is 28.1 Å². The summed E-state index contributed by atoms with van der Waals surface area (Å²) in [5, 5.41) is 3.88. The van der Waals surface area contributed by atoms with Crippen LogP contribution in [0.1, 0.15) is 24.0 Å². The number of halogens is 1. The molecular weight excluding hydrogens is 320 g/mol. The predicted molar refractivity (Wildman–Crippen MR) is 81.7 cm³/mol. The third kappa shape index (κ3) is 4.35. The van der Waals surface area contributed by atoms with Crippen molar-refractivity contribution in [2.24, 2.45) is 5.10 Å². The first-order valence-electron chi connectivity index (χ1n) is 6.32. The Bertz CT molecular complexity index is 603. The van der Waals surface area contributed by atoms with Crippen LogP contribution in [0.25, 0.3) is 0 Å². The number of hydrogen-bond acceptors (Lipinski definition) is 3. The number of amides is 1. The summed E-state index contributed by atoms with van der Waals surface area (Å²) < 4.78 is 6.43. The van der Waals surface area contributed by atoms with E-state index in [2.05, 4.69) is 26.5 Å². The first-order chi connectivity index (χ1) is 9.67. The van der Waals surface area contributed by atoms with E-state index in [1.807, 2.05) is 43.3 Å². The molecule has 0 atom stereocenters. The lowest BCUT2D eigenvalue weighted by Gasteiger charge is -2.00. The van der Waals surface area contributed by atoms with E-state index in [1.165, 1.54) is 6.21 Å². The number of nitrogens with one attached hydrogen (secondary N) is 1. The van der Waals surface area contributed by atoms with E-state index in [4.69, 9.17) is 4.42 Å². The lowest BCUT2D eigenvalue weighted by Crippen LogP contribution is -2.19. The van der Waals surface area contributed by atoms with Crippen molar-refractivity contribution in [1.82, 2.24) is 5.43 Å². The fourth-order valence-corrected chi connectivity index (χ4v) is 1.91. The minimum atomic E-state index is -0.161. The fourth-order valence-electron chi connectivity index (χ4n) is 1.65. The second-order valence-electron chi connectivity index (χ2n) is 4.25. The smallest absolute Gasteiger partial charge is 0.244 e. The Balaban J connectivity index is 1.84. The van der Waals surface area contributed by atoms with Gasteiger partial charge in [-0.25, -0.2) is 5.43 Å². The molecule has 0 aliphatic rings. The van der Waals surface area contributed by atoms with E-state index in [0.717, 1.165) is 22.2 Å². The number of carbonyl (C=O) groups is 1. The van der Waals surface area contributed by atoms with Crippen LogP contribution < -0.4 is 5.43 Å². The SMILES string of the molecule is CCc1ccc(/C=N/NC(=O)Cc2ccc(Br)cc2)o1. The summed E-state index contributed by atoms with van der Waals surface area (Å²) >= 11 is 3.35. The Morgan fingerprint density at radius 2 is 2.05 bits per heavy atom. The minimum Gasteiger partial charge on any atom is -0.460 e. The highest BCUT2D eigenvalue weighted by Crippen LogP contribution is 2.10. The predicted octanol–water partition coefficient (Wildman–Crippen LogP) is 3.30. The molecular formula is C15H15BrN2O2. The summed E-state index contributed by atoms with van der Waals surface area (Å²) in [4.78, 5) is 11.7. The third-order valence-corrected chi connectivity index (χ3v) is 3.22. The van der Waals surface area contributed by atoms with E-state index >= 15 is 0 Å². The molecule has 0 aliphatic heterocycles. The van der Waals surface area contributed by atoms with Gasteiger partial charge in [0.05, 0.1) is 12.6 Å². The normalized spacial score (nSPS) is 10.9. The standard InChI is InChI=1S/C15H15BrN2O2/c1-2-13-7-8-14(20-13)10-17-18-15(19)9-11-3-5-12(16)6-4-11/h3-8,10H,2,9H2,1H3,(H,18,19)/b17-10+. The van der Waals surface area contributed by atoms with Gasteiger partial charge in [0.2, 0.25) is 5.91 Å². The zero-order chi connectivity index (χ0) is 14.4. The van der Waals surface area contributed by atoms with Crippen LogP contribution in [0.15, 0.2) is 50.4 Å². The average molecular weight is 335 g/mol. The van der Waals surface area contributed by atoms with Gasteiger partial charge in [-0.3, -0.25) is 4.79 Å². The topological polar surface area (TPSA) is 54.6 Å². The molecule has 0 fully saturated rings. The van der Waals surface area contributed by atoms with Crippen LogP contribution in [0.2, 0.25) is 0 Å². The summed E-state index contributed by atoms with van der Waals surface area (Å²) in [6.45, 7) is 2.01. The molecule has 0 saturated heterocycles. The van der Waals surface area contributed by atoms with Gasteiger partial charge in [-0.05, 0) is 29.8 Å². The van der Waals surface area contributed by atoms with E-state index in [1.54, 1.807) is 0 Å². The number of rotatable bonds is 5. The van der Waals surface area contributed by atoms with Crippen molar-refractivity contribution in [1.29, 1.82) is 0 Å². The summed E-state index contributed by atoms with van der Waals surface area (Å²) in [6.07, 6.45) is 2.63. The van der Waals surface area contributed by atoms with Crippen LogP contribution in [-0.2, 0) is 17.6 Å². The summed E-state index contributed by atoms with van der Waals surface area (Å²) in [7, 11) is 0. The van der Waals surface area contributed by atoms with Gasteiger partial charge in [0.25, 0.3) is 0 Å². The first kappa shape index (κ1) is 14.5. The van der Waals surface area contributed by atoms with Crippen molar-refractivity contribution in [3.8, 4) is 0 Å². The van der Waals surface area contributed by atoms with Gasteiger partial charge in [-0.1, -0.05) is 35.0 Å². The number of furan rings is 1. The number of benzene rings is 1. The van der Waals surface area contributed by atoms with Gasteiger partial charge < -0.3 is 4.42 Å². The second-order valence-corrected chi connectivity index (χ2v) is 5.17. The average Bonchev–Trinajstić information content (AvgIpc) is 2.89. The van der Waals surface area contributed by atoms with E-state index in [-0.39, 0.29) is 5.91 Å². The Morgan fingerprint density at radius 3 is 2.70 bits per heavy atom. The van der Waals surface area contributed by atoms with Gasteiger partial charge in [-0.15, -0.1) is 0 Å². The van der Waals surface area contributed by atoms with Gasteiger partial charge in [0, 0.05) is 10.9 Å². The highest BCUT2D eigenvalue weighted by molar-refractivity contribution is 9.10. The molecule has 104 valence electrons. The number of aryl methyl sites for hydroxylation is 1. The molecule has 0 aliphatic carbocycles. The molecule has 1 aromatic heterocycles. The maximum atomic E-state index is 11.7. The van der Waals surface area contributed by atoms with Gasteiger partial charge in [-0.2, -0.15) is 5.10 Å². The molecule has 2 aromatic rings. The van der Waals surface area contributed by atoms with Crippen molar-refractivity contribution in [3.05, 3.63) is 58.0 Å². The van der Waals surface area contributed by atoms with Crippen LogP contribution in [-0.4, -0.2) is 12.1 Å². The fraction of sp³-hybridized carbons (Fsp3) is 0.200. The van der Waals surface area contributed by atoms with Crippen LogP contribution in [0.4, 0.5) is 0 Å². The summed E-state index contributed by atoms with van der Waals surface area (Å²) in [5.41, 5.74) is 3.42. The van der Waals surface area contributed by atoms with Crippen molar-refractivity contribution in [2.45, 2.75) is 19.8 Å². The highest BCUT2D eigenvalue weighted by Gasteiger charge is 2.02. The number of carbonyl (C=O) groups excluding carboxylic acids is 1. The monoisotopic (exact) mass is 334 g/mol. The molecule has 0 spiro atoms. The molecule has 2 rings (SSSR count). The molecule has 0 bridgehead atoms. The van der Waals surface area contributed by atoms with Gasteiger partial charge >= 0.3 is 0 Å². The maximum Gasteiger partial charge on any atom is 0.244 e. The van der Waals surface area contributed by atoms with E-state index < -0.39 is 0 Å². The van der Waals surface area contributed by atoms with Gasteiger partial charge in [0.1, 0.15) is 11.5 Å². The van der Waals surface area contributed by atoms with Crippen molar-refractivity contribution in [2.75, 3.05) is 0 Å². The molecule has 0 radical (unpaired) electrons. The minimum absolute atomic E-state index is 0.161. The Kier molecular flexibility index (Phi) is 5.12. The van der Waals surface area contributed by atoms with Crippen LogP contribution >= 0.6 is 15.9 Å². The Morgan fingerprint density at radius 1 is 1.30 bits per heavy atom. The van der Waals surface area contributed by atoms with Crippen LogP contribution in [0, 0.1) is 0 Å². The molecule has 20 heavy (non-hydrogen) atoms. The zero-order valence-corrected chi connectivity index (χ0v) is 12.7. The summed E-state index contributed by atoms with van der Waals surface area (Å²) in [5.74, 6) is 1.37. The molecule has 1 amide bonds. The van der Waals surface area contributed by atoms with Gasteiger partial charge in [0.15, 0.2) is 0 Å². The molecule has 0 unspecified atom stereocenters. The molecule has 0 saturated carbocycles. The first-order valence-corrected chi connectivity index (χ1v) is 7.11. The van der Waals surface area contributed by atoms with E-state index in [0.29, 0.717) is 12.2 Å². The maximum absolute atomic E-state index is 11.7. The number of nitrogens with zero attached hydrogens (tertiary/aromatic N) is 1. The quantitative estimate of drug-likeness (QED) is 0.673. The lowest BCUT2D eigenvalue weighted by atomic mass is 10.1. The molecule has 5 heteroatoms. The molecule has 4 nitrogen and oxygen atoms in total. The largest absolute Gasteiger partial charge is 0.460 e. The van der Waals surface area contributed by atoms with Crippen molar-refractivity contribution in [3.63, 3.8) is 0 Å². The Labute approximate surface area is 126 Å². The van der Waals surface area contributed by atoms with Crippen LogP contribution in [0.3, 0.4) is 0 Å². The third-order valence-electron chi connectivity index (χ3n) is 2.69. The van der Waals surface area contributed by atoms with Crippen molar-refractivity contribution < 1.29 is 9.21 Å². The second kappa shape index (κ2) is 7.05. The highest BCUT2D eigenvalue weighted by atomic mass is 79.9. The summed E-state index contributed by atoms with van der Waals surface area (Å²) in [6, 6.07) is 11.3. The number of hydrazone groups is 1. The molecule has 1 N–H and O–H groups in total. The van der Waals surface area contributed by atoms with E-state index in [9.17, 15) is 4.79 Å².